The van der Waals surface area contributed by atoms with E-state index in [0.717, 1.165) is 21.3 Å². The minimum absolute atomic E-state index is 0.0370. The van der Waals surface area contributed by atoms with Crippen LogP contribution in [0, 0.1) is 0 Å². The van der Waals surface area contributed by atoms with Crippen molar-refractivity contribution in [1.29, 1.82) is 0 Å². The number of hydrogen-bond acceptors (Lipinski definition) is 2. The van der Waals surface area contributed by atoms with Gasteiger partial charge in [0.25, 0.3) is 0 Å². The van der Waals surface area contributed by atoms with Crippen molar-refractivity contribution in [2.24, 2.45) is 5.73 Å². The molecule has 0 spiro atoms. The second kappa shape index (κ2) is 6.42. The average Bonchev–Trinajstić information content (AvgIpc) is 2.38. The first-order chi connectivity index (χ1) is 9.06. The Morgan fingerprint density at radius 3 is 2.47 bits per heavy atom. The maximum atomic E-state index is 6.14. The molecule has 1 atom stereocenters. The first kappa shape index (κ1) is 14.4. The number of nitrogens with two attached hydrogens (primary N) is 1. The summed E-state index contributed by atoms with van der Waals surface area (Å²) < 4.78 is 6.67. The Morgan fingerprint density at radius 1 is 1.21 bits per heavy atom. The van der Waals surface area contributed by atoms with Gasteiger partial charge in [-0.25, -0.2) is 0 Å². The summed E-state index contributed by atoms with van der Waals surface area (Å²) in [6, 6.07) is 13.6. The fourth-order valence-electron chi connectivity index (χ4n) is 1.67. The Morgan fingerprint density at radius 2 is 1.89 bits per heavy atom. The van der Waals surface area contributed by atoms with Crippen LogP contribution in [-0.4, -0.2) is 0 Å². The molecule has 0 saturated carbocycles. The molecule has 2 nitrogen and oxygen atoms in total. The molecule has 4 heteroatoms. The van der Waals surface area contributed by atoms with Gasteiger partial charge in [-0.05, 0) is 36.8 Å². The summed E-state index contributed by atoms with van der Waals surface area (Å²) in [5.41, 5.74) is 7.85. The van der Waals surface area contributed by atoms with E-state index in [1.807, 2.05) is 49.4 Å². The van der Waals surface area contributed by atoms with Crippen LogP contribution < -0.4 is 10.5 Å². The van der Waals surface area contributed by atoms with Gasteiger partial charge in [-0.15, -0.1) is 0 Å². The van der Waals surface area contributed by atoms with Crippen molar-refractivity contribution in [3.05, 3.63) is 63.1 Å². The molecule has 0 bridgehead atoms. The van der Waals surface area contributed by atoms with Crippen molar-refractivity contribution in [2.45, 2.75) is 19.6 Å². The minimum Gasteiger partial charge on any atom is -0.489 e. The van der Waals surface area contributed by atoms with E-state index >= 15 is 0 Å². The van der Waals surface area contributed by atoms with Crippen molar-refractivity contribution in [2.75, 3.05) is 0 Å². The Kier molecular flexibility index (Phi) is 4.86. The quantitative estimate of drug-likeness (QED) is 0.875. The van der Waals surface area contributed by atoms with E-state index in [1.54, 1.807) is 0 Å². The zero-order valence-corrected chi connectivity index (χ0v) is 12.9. The predicted molar refractivity (Wildman–Crippen MR) is 82.5 cm³/mol. The van der Waals surface area contributed by atoms with Gasteiger partial charge in [-0.1, -0.05) is 45.7 Å². The zero-order valence-electron chi connectivity index (χ0n) is 10.6. The monoisotopic (exact) mass is 339 g/mol. The summed E-state index contributed by atoms with van der Waals surface area (Å²) in [7, 11) is 0. The third-order valence-electron chi connectivity index (χ3n) is 2.82. The third kappa shape index (κ3) is 3.96. The van der Waals surface area contributed by atoms with E-state index in [9.17, 15) is 0 Å². The number of rotatable bonds is 4. The lowest BCUT2D eigenvalue weighted by molar-refractivity contribution is 0.306. The normalized spacial score (nSPS) is 12.2. The summed E-state index contributed by atoms with van der Waals surface area (Å²) in [4.78, 5) is 0. The highest BCUT2D eigenvalue weighted by Gasteiger charge is 2.03. The fraction of sp³-hybridized carbons (Fsp3) is 0.200. The Hall–Kier alpha value is -1.03. The highest BCUT2D eigenvalue weighted by atomic mass is 79.9. The van der Waals surface area contributed by atoms with Gasteiger partial charge < -0.3 is 10.5 Å². The summed E-state index contributed by atoms with van der Waals surface area (Å²) in [6.45, 7) is 2.40. The van der Waals surface area contributed by atoms with Crippen LogP contribution in [0.5, 0.6) is 5.75 Å². The molecule has 2 N–H and O–H groups in total. The molecule has 0 heterocycles. The van der Waals surface area contributed by atoms with Gasteiger partial charge in [0.05, 0.1) is 0 Å². The van der Waals surface area contributed by atoms with Gasteiger partial charge in [-0.3, -0.25) is 0 Å². The van der Waals surface area contributed by atoms with E-state index in [-0.39, 0.29) is 6.04 Å². The molecule has 0 aliphatic carbocycles. The van der Waals surface area contributed by atoms with E-state index in [4.69, 9.17) is 22.1 Å². The SMILES string of the molecule is C[C@@H](N)c1ccc(OCc2ccc(Br)cc2Cl)cc1. The van der Waals surface area contributed by atoms with Crippen molar-refractivity contribution < 1.29 is 4.74 Å². The van der Waals surface area contributed by atoms with Crippen LogP contribution in [0.15, 0.2) is 46.9 Å². The number of ether oxygens (including phenoxy) is 1. The van der Waals surface area contributed by atoms with Crippen molar-refractivity contribution in [1.82, 2.24) is 0 Å². The van der Waals surface area contributed by atoms with Crippen LogP contribution in [-0.2, 0) is 6.61 Å². The summed E-state index contributed by atoms with van der Waals surface area (Å²) >= 11 is 9.51. The largest absolute Gasteiger partial charge is 0.489 e. The predicted octanol–water partition coefficient (Wildman–Crippen LogP) is 4.70. The second-order valence-corrected chi connectivity index (χ2v) is 5.70. The van der Waals surface area contributed by atoms with Crippen molar-refractivity contribution in [3.63, 3.8) is 0 Å². The van der Waals surface area contributed by atoms with Crippen LogP contribution in [0.3, 0.4) is 0 Å². The molecule has 2 aromatic carbocycles. The summed E-state index contributed by atoms with van der Waals surface area (Å²) in [6.07, 6.45) is 0. The Bertz CT molecular complexity index is 555. The smallest absolute Gasteiger partial charge is 0.119 e. The molecule has 0 saturated heterocycles. The molecule has 100 valence electrons. The highest BCUT2D eigenvalue weighted by Crippen LogP contribution is 2.23. The molecule has 2 rings (SSSR count). The lowest BCUT2D eigenvalue weighted by Crippen LogP contribution is -2.04. The number of halogens is 2. The standard InChI is InChI=1S/C15H15BrClNO/c1-10(18)11-3-6-14(7-4-11)19-9-12-2-5-13(16)8-15(12)17/h2-8,10H,9,18H2,1H3/t10-/m1/s1. The molecule has 0 fully saturated rings. The molecule has 19 heavy (non-hydrogen) atoms. The van der Waals surface area contributed by atoms with Gasteiger partial charge in [0.1, 0.15) is 12.4 Å². The maximum Gasteiger partial charge on any atom is 0.119 e. The first-order valence-corrected chi connectivity index (χ1v) is 7.15. The van der Waals surface area contributed by atoms with Gasteiger partial charge in [-0.2, -0.15) is 0 Å². The molecule has 0 amide bonds. The highest BCUT2D eigenvalue weighted by molar-refractivity contribution is 9.10. The number of hydrogen-bond donors (Lipinski definition) is 1. The minimum atomic E-state index is 0.0370. The lowest BCUT2D eigenvalue weighted by atomic mass is 10.1. The Labute approximate surface area is 126 Å². The topological polar surface area (TPSA) is 35.2 Å². The average molecular weight is 341 g/mol. The van der Waals surface area contributed by atoms with Crippen LogP contribution in [0.4, 0.5) is 0 Å². The third-order valence-corrected chi connectivity index (χ3v) is 3.66. The maximum absolute atomic E-state index is 6.14. The summed E-state index contributed by atoms with van der Waals surface area (Å²) in [5, 5.41) is 0.696. The van der Waals surface area contributed by atoms with Gasteiger partial charge in [0.2, 0.25) is 0 Å². The van der Waals surface area contributed by atoms with E-state index in [1.165, 1.54) is 0 Å². The molecule has 2 aromatic rings. The molecule has 0 aromatic heterocycles. The zero-order chi connectivity index (χ0) is 13.8. The van der Waals surface area contributed by atoms with E-state index in [2.05, 4.69) is 15.9 Å². The van der Waals surface area contributed by atoms with Gasteiger partial charge >= 0.3 is 0 Å². The second-order valence-electron chi connectivity index (χ2n) is 4.38. The molecule has 0 aliphatic heterocycles. The lowest BCUT2D eigenvalue weighted by Gasteiger charge is -2.10. The van der Waals surface area contributed by atoms with Crippen LogP contribution in [0.1, 0.15) is 24.1 Å². The van der Waals surface area contributed by atoms with E-state index < -0.39 is 0 Å². The molecule has 0 radical (unpaired) electrons. The molecule has 0 unspecified atom stereocenters. The number of benzene rings is 2. The first-order valence-electron chi connectivity index (χ1n) is 5.98. The molecular formula is C15H15BrClNO. The van der Waals surface area contributed by atoms with Crippen LogP contribution in [0.25, 0.3) is 0 Å². The van der Waals surface area contributed by atoms with Crippen molar-refractivity contribution >= 4 is 27.5 Å². The molecule has 0 aliphatic rings. The van der Waals surface area contributed by atoms with Crippen molar-refractivity contribution in [3.8, 4) is 5.75 Å². The molecular weight excluding hydrogens is 326 g/mol. The van der Waals surface area contributed by atoms with E-state index in [0.29, 0.717) is 11.6 Å². The fourth-order valence-corrected chi connectivity index (χ4v) is 2.40. The Balaban J connectivity index is 2.02. The van der Waals surface area contributed by atoms with Gasteiger partial charge in [0, 0.05) is 21.1 Å². The van der Waals surface area contributed by atoms with Crippen LogP contribution >= 0.6 is 27.5 Å². The van der Waals surface area contributed by atoms with Crippen LogP contribution in [0.2, 0.25) is 5.02 Å². The van der Waals surface area contributed by atoms with Gasteiger partial charge in [0.15, 0.2) is 0 Å². The summed E-state index contributed by atoms with van der Waals surface area (Å²) in [5.74, 6) is 0.809.